The van der Waals surface area contributed by atoms with Gasteiger partial charge in [-0.3, -0.25) is 14.7 Å². The summed E-state index contributed by atoms with van der Waals surface area (Å²) in [5.41, 5.74) is 1.77. The molecule has 0 fully saturated rings. The van der Waals surface area contributed by atoms with Gasteiger partial charge in [-0.1, -0.05) is 6.07 Å². The van der Waals surface area contributed by atoms with E-state index in [-0.39, 0.29) is 5.56 Å². The molecule has 0 spiro atoms. The van der Waals surface area contributed by atoms with Gasteiger partial charge in [0, 0.05) is 36.6 Å². The summed E-state index contributed by atoms with van der Waals surface area (Å²) in [5.74, 6) is 0. The predicted molar refractivity (Wildman–Crippen MR) is 74.4 cm³/mol. The third kappa shape index (κ3) is 2.31. The molecule has 3 heterocycles. The van der Waals surface area contributed by atoms with Crippen LogP contribution in [0, 0.1) is 4.77 Å². The highest BCUT2D eigenvalue weighted by Gasteiger charge is 2.19. The van der Waals surface area contributed by atoms with E-state index in [2.05, 4.69) is 32.4 Å². The fraction of sp³-hybridized carbons (Fsp3) is 0.333. The first kappa shape index (κ1) is 11.8. The molecule has 0 radical (unpaired) electrons. The maximum Gasteiger partial charge on any atom is 0.256 e. The van der Waals surface area contributed by atoms with Crippen LogP contribution in [0.4, 0.5) is 0 Å². The number of nitrogens with zero attached hydrogens (tertiary/aromatic N) is 1. The molecule has 0 amide bonds. The van der Waals surface area contributed by atoms with Crippen molar-refractivity contribution in [3.63, 3.8) is 0 Å². The van der Waals surface area contributed by atoms with Crippen LogP contribution in [-0.4, -0.2) is 21.4 Å². The van der Waals surface area contributed by atoms with Crippen LogP contribution in [0.25, 0.3) is 0 Å². The zero-order valence-electron chi connectivity index (χ0n) is 9.73. The Morgan fingerprint density at radius 3 is 3.11 bits per heavy atom. The summed E-state index contributed by atoms with van der Waals surface area (Å²) in [6.45, 7) is 2.56. The molecule has 0 bridgehead atoms. The Hall–Kier alpha value is -1.24. The van der Waals surface area contributed by atoms with Crippen molar-refractivity contribution in [3.05, 3.63) is 48.8 Å². The highest BCUT2D eigenvalue weighted by atomic mass is 32.1. The summed E-state index contributed by atoms with van der Waals surface area (Å²) in [7, 11) is 0. The molecule has 3 rings (SSSR count). The van der Waals surface area contributed by atoms with Gasteiger partial charge >= 0.3 is 0 Å². The van der Waals surface area contributed by atoms with Gasteiger partial charge in [0.2, 0.25) is 0 Å². The normalized spacial score (nSPS) is 15.6. The number of aromatic amines is 2. The summed E-state index contributed by atoms with van der Waals surface area (Å²) in [6, 6.07) is 4.19. The molecule has 0 unspecified atom stereocenters. The number of thiophene rings is 1. The molecule has 2 aromatic rings. The summed E-state index contributed by atoms with van der Waals surface area (Å²) in [5, 5.41) is 2.08. The van der Waals surface area contributed by atoms with Gasteiger partial charge in [0.15, 0.2) is 4.77 Å². The summed E-state index contributed by atoms with van der Waals surface area (Å²) in [4.78, 5) is 21.2. The Bertz CT molecular complexity index is 657. The standard InChI is InChI=1S/C12H13N3OS2/c16-11-9-7-15(6-8-2-1-5-18-8)4-3-10(9)13-12(17)14-11/h1-2,5H,3-4,6-7H2,(H2,13,14,16,17). The molecule has 0 aromatic carbocycles. The van der Waals surface area contributed by atoms with Crippen molar-refractivity contribution in [1.82, 2.24) is 14.9 Å². The molecule has 0 atom stereocenters. The Morgan fingerprint density at radius 1 is 1.44 bits per heavy atom. The van der Waals surface area contributed by atoms with E-state index in [9.17, 15) is 4.79 Å². The molecule has 1 aliphatic heterocycles. The largest absolute Gasteiger partial charge is 0.335 e. The van der Waals surface area contributed by atoms with Crippen LogP contribution < -0.4 is 5.56 Å². The lowest BCUT2D eigenvalue weighted by Gasteiger charge is -2.27. The zero-order chi connectivity index (χ0) is 12.5. The first-order valence-electron chi connectivity index (χ1n) is 5.81. The summed E-state index contributed by atoms with van der Waals surface area (Å²) >= 11 is 6.74. The topological polar surface area (TPSA) is 51.9 Å². The molecular weight excluding hydrogens is 266 g/mol. The van der Waals surface area contributed by atoms with Crippen LogP contribution in [0.5, 0.6) is 0 Å². The zero-order valence-corrected chi connectivity index (χ0v) is 11.4. The quantitative estimate of drug-likeness (QED) is 0.827. The molecule has 0 aliphatic carbocycles. The summed E-state index contributed by atoms with van der Waals surface area (Å²) < 4.78 is 0.422. The second-order valence-corrected chi connectivity index (χ2v) is 5.85. The van der Waals surface area contributed by atoms with E-state index in [1.807, 2.05) is 0 Å². The number of hydrogen-bond acceptors (Lipinski definition) is 4. The molecule has 94 valence electrons. The van der Waals surface area contributed by atoms with E-state index < -0.39 is 0 Å². The van der Waals surface area contributed by atoms with Crippen LogP contribution in [0.1, 0.15) is 16.1 Å². The van der Waals surface area contributed by atoms with E-state index in [0.717, 1.165) is 30.8 Å². The van der Waals surface area contributed by atoms with Gasteiger partial charge in [0.1, 0.15) is 0 Å². The van der Waals surface area contributed by atoms with Crippen molar-refractivity contribution < 1.29 is 0 Å². The number of aromatic nitrogens is 2. The van der Waals surface area contributed by atoms with Gasteiger partial charge in [0.25, 0.3) is 5.56 Å². The fourth-order valence-electron chi connectivity index (χ4n) is 2.27. The second-order valence-electron chi connectivity index (χ2n) is 4.41. The van der Waals surface area contributed by atoms with Gasteiger partial charge in [0.05, 0.1) is 5.56 Å². The van der Waals surface area contributed by atoms with Crippen LogP contribution in [0.3, 0.4) is 0 Å². The van der Waals surface area contributed by atoms with E-state index in [4.69, 9.17) is 12.2 Å². The first-order valence-corrected chi connectivity index (χ1v) is 7.10. The molecule has 2 N–H and O–H groups in total. The first-order chi connectivity index (χ1) is 8.72. The minimum absolute atomic E-state index is 0.0513. The molecule has 6 heteroatoms. The Balaban J connectivity index is 1.85. The van der Waals surface area contributed by atoms with Crippen molar-refractivity contribution in [2.75, 3.05) is 6.54 Å². The van der Waals surface area contributed by atoms with Gasteiger partial charge in [-0.2, -0.15) is 0 Å². The lowest BCUT2D eigenvalue weighted by molar-refractivity contribution is 0.243. The van der Waals surface area contributed by atoms with Crippen molar-refractivity contribution in [3.8, 4) is 0 Å². The Morgan fingerprint density at radius 2 is 2.33 bits per heavy atom. The smallest absolute Gasteiger partial charge is 0.256 e. The molecule has 2 aromatic heterocycles. The Labute approximate surface area is 113 Å². The van der Waals surface area contributed by atoms with E-state index in [1.54, 1.807) is 11.3 Å². The molecule has 18 heavy (non-hydrogen) atoms. The third-order valence-electron chi connectivity index (χ3n) is 3.15. The van der Waals surface area contributed by atoms with Crippen LogP contribution in [-0.2, 0) is 19.5 Å². The van der Waals surface area contributed by atoms with E-state index in [0.29, 0.717) is 11.3 Å². The molecular formula is C12H13N3OS2. The highest BCUT2D eigenvalue weighted by Crippen LogP contribution is 2.18. The number of rotatable bonds is 2. The highest BCUT2D eigenvalue weighted by molar-refractivity contribution is 7.71. The number of nitrogens with one attached hydrogen (secondary N) is 2. The predicted octanol–water partition coefficient (Wildman–Crippen LogP) is 2.05. The van der Waals surface area contributed by atoms with Crippen LogP contribution >= 0.6 is 23.6 Å². The summed E-state index contributed by atoms with van der Waals surface area (Å²) in [6.07, 6.45) is 0.855. The number of H-pyrrole nitrogens is 2. The van der Waals surface area contributed by atoms with Gasteiger partial charge in [-0.15, -0.1) is 11.3 Å². The molecule has 0 saturated heterocycles. The SMILES string of the molecule is O=c1[nH]c(=S)[nH]c2c1CN(Cc1cccs1)CC2. The van der Waals surface area contributed by atoms with E-state index in [1.165, 1.54) is 4.88 Å². The van der Waals surface area contributed by atoms with Crippen LogP contribution in [0.15, 0.2) is 22.3 Å². The monoisotopic (exact) mass is 279 g/mol. The van der Waals surface area contributed by atoms with Crippen molar-refractivity contribution >= 4 is 23.6 Å². The lowest BCUT2D eigenvalue weighted by atomic mass is 10.1. The second kappa shape index (κ2) is 4.79. The van der Waals surface area contributed by atoms with Gasteiger partial charge in [-0.05, 0) is 23.7 Å². The minimum atomic E-state index is -0.0513. The Kier molecular flexibility index (Phi) is 3.15. The van der Waals surface area contributed by atoms with E-state index >= 15 is 0 Å². The number of fused-ring (bicyclic) bond motifs is 1. The van der Waals surface area contributed by atoms with Gasteiger partial charge < -0.3 is 4.98 Å². The van der Waals surface area contributed by atoms with Gasteiger partial charge in [-0.25, -0.2) is 0 Å². The molecule has 4 nitrogen and oxygen atoms in total. The van der Waals surface area contributed by atoms with Crippen LogP contribution in [0.2, 0.25) is 0 Å². The maximum absolute atomic E-state index is 11.9. The maximum atomic E-state index is 11.9. The minimum Gasteiger partial charge on any atom is -0.335 e. The average Bonchev–Trinajstić information content (AvgIpc) is 2.83. The van der Waals surface area contributed by atoms with Crippen molar-refractivity contribution in [2.45, 2.75) is 19.5 Å². The third-order valence-corrected chi connectivity index (χ3v) is 4.21. The number of hydrogen-bond donors (Lipinski definition) is 2. The fourth-order valence-corrected chi connectivity index (χ4v) is 3.23. The molecule has 0 saturated carbocycles. The van der Waals surface area contributed by atoms with Crippen molar-refractivity contribution in [2.24, 2.45) is 0 Å². The lowest BCUT2D eigenvalue weighted by Crippen LogP contribution is -2.35. The van der Waals surface area contributed by atoms with Crippen molar-refractivity contribution in [1.29, 1.82) is 0 Å². The average molecular weight is 279 g/mol. The molecule has 1 aliphatic rings.